The molecule has 3 N–H and O–H groups in total. The summed E-state index contributed by atoms with van der Waals surface area (Å²) in [5, 5.41) is 0. The zero-order valence-corrected chi connectivity index (χ0v) is 8.04. The Morgan fingerprint density at radius 1 is 1.62 bits per heavy atom. The molecule has 1 aromatic heterocycles. The van der Waals surface area contributed by atoms with E-state index in [0.717, 1.165) is 16.8 Å². The molecule has 0 amide bonds. The highest BCUT2D eigenvalue weighted by molar-refractivity contribution is 5.24. The van der Waals surface area contributed by atoms with E-state index in [9.17, 15) is 0 Å². The third-order valence-electron chi connectivity index (χ3n) is 1.93. The van der Waals surface area contributed by atoms with Crippen LogP contribution in [0.1, 0.15) is 24.2 Å². The SMILES string of the molecule is C=C(C)C(NN)c1ccc(C)nc1. The predicted molar refractivity (Wildman–Crippen MR) is 53.9 cm³/mol. The number of rotatable bonds is 3. The summed E-state index contributed by atoms with van der Waals surface area (Å²) in [5.74, 6) is 5.41. The van der Waals surface area contributed by atoms with Crippen LogP contribution in [-0.2, 0) is 0 Å². The van der Waals surface area contributed by atoms with Crippen molar-refractivity contribution in [2.45, 2.75) is 19.9 Å². The van der Waals surface area contributed by atoms with Crippen LogP contribution in [0.25, 0.3) is 0 Å². The van der Waals surface area contributed by atoms with E-state index < -0.39 is 0 Å². The van der Waals surface area contributed by atoms with E-state index in [0.29, 0.717) is 0 Å². The average Bonchev–Trinajstić information content (AvgIpc) is 2.09. The number of aromatic nitrogens is 1. The molecule has 1 aromatic rings. The van der Waals surface area contributed by atoms with Crippen LogP contribution in [0.3, 0.4) is 0 Å². The van der Waals surface area contributed by atoms with Gasteiger partial charge in [-0.2, -0.15) is 0 Å². The van der Waals surface area contributed by atoms with Crippen molar-refractivity contribution in [1.82, 2.24) is 10.4 Å². The van der Waals surface area contributed by atoms with Crippen LogP contribution in [0.2, 0.25) is 0 Å². The van der Waals surface area contributed by atoms with Gasteiger partial charge in [0.05, 0.1) is 6.04 Å². The van der Waals surface area contributed by atoms with Gasteiger partial charge in [0.1, 0.15) is 0 Å². The Balaban J connectivity index is 2.92. The first kappa shape index (κ1) is 9.89. The molecule has 1 heterocycles. The molecule has 1 rings (SSSR count). The summed E-state index contributed by atoms with van der Waals surface area (Å²) in [6.45, 7) is 7.74. The minimum Gasteiger partial charge on any atom is -0.271 e. The summed E-state index contributed by atoms with van der Waals surface area (Å²) in [4.78, 5) is 4.19. The molecule has 0 aliphatic heterocycles. The lowest BCUT2D eigenvalue weighted by atomic mass is 10.0. The first-order valence-electron chi connectivity index (χ1n) is 4.19. The smallest absolute Gasteiger partial charge is 0.0679 e. The molecule has 0 bridgehead atoms. The molecule has 0 saturated heterocycles. The molecule has 3 heteroatoms. The van der Waals surface area contributed by atoms with Crippen molar-refractivity contribution in [2.75, 3.05) is 0 Å². The molecule has 0 spiro atoms. The highest BCUT2D eigenvalue weighted by Crippen LogP contribution is 2.17. The van der Waals surface area contributed by atoms with Crippen molar-refractivity contribution in [3.8, 4) is 0 Å². The minimum atomic E-state index is -0.00639. The van der Waals surface area contributed by atoms with Crippen LogP contribution in [0.15, 0.2) is 30.5 Å². The summed E-state index contributed by atoms with van der Waals surface area (Å²) in [6.07, 6.45) is 1.81. The highest BCUT2D eigenvalue weighted by atomic mass is 15.2. The van der Waals surface area contributed by atoms with Crippen molar-refractivity contribution in [3.63, 3.8) is 0 Å². The van der Waals surface area contributed by atoms with Crippen LogP contribution in [0.4, 0.5) is 0 Å². The highest BCUT2D eigenvalue weighted by Gasteiger charge is 2.09. The summed E-state index contributed by atoms with van der Waals surface area (Å²) in [7, 11) is 0. The van der Waals surface area contributed by atoms with Gasteiger partial charge in [0.25, 0.3) is 0 Å². The maximum atomic E-state index is 5.41. The van der Waals surface area contributed by atoms with Crippen LogP contribution >= 0.6 is 0 Å². The molecule has 0 aromatic carbocycles. The van der Waals surface area contributed by atoms with E-state index in [2.05, 4.69) is 17.0 Å². The van der Waals surface area contributed by atoms with Crippen molar-refractivity contribution in [2.24, 2.45) is 5.84 Å². The van der Waals surface area contributed by atoms with E-state index >= 15 is 0 Å². The molecule has 1 unspecified atom stereocenters. The minimum absolute atomic E-state index is 0.00639. The molecule has 0 radical (unpaired) electrons. The Morgan fingerprint density at radius 3 is 2.69 bits per heavy atom. The zero-order valence-electron chi connectivity index (χ0n) is 8.04. The van der Waals surface area contributed by atoms with Gasteiger partial charge in [0, 0.05) is 11.9 Å². The second-order valence-electron chi connectivity index (χ2n) is 3.18. The third-order valence-corrected chi connectivity index (χ3v) is 1.93. The van der Waals surface area contributed by atoms with Crippen molar-refractivity contribution < 1.29 is 0 Å². The number of nitrogens with two attached hydrogens (primary N) is 1. The van der Waals surface area contributed by atoms with Gasteiger partial charge in [-0.15, -0.1) is 0 Å². The van der Waals surface area contributed by atoms with E-state index in [1.54, 1.807) is 0 Å². The fraction of sp³-hybridized carbons (Fsp3) is 0.300. The average molecular weight is 177 g/mol. The van der Waals surface area contributed by atoms with Gasteiger partial charge in [0.2, 0.25) is 0 Å². The quantitative estimate of drug-likeness (QED) is 0.417. The molecule has 1 atom stereocenters. The summed E-state index contributed by atoms with van der Waals surface area (Å²) < 4.78 is 0. The lowest BCUT2D eigenvalue weighted by molar-refractivity contribution is 0.624. The second-order valence-corrected chi connectivity index (χ2v) is 3.18. The largest absolute Gasteiger partial charge is 0.271 e. The van der Waals surface area contributed by atoms with Gasteiger partial charge < -0.3 is 0 Å². The molecular formula is C10H15N3. The number of pyridine rings is 1. The first-order chi connectivity index (χ1) is 6.15. The number of hydrazine groups is 1. The zero-order chi connectivity index (χ0) is 9.84. The fourth-order valence-electron chi connectivity index (χ4n) is 1.17. The monoisotopic (exact) mass is 177 g/mol. The van der Waals surface area contributed by atoms with Gasteiger partial charge in [-0.25, -0.2) is 5.43 Å². The maximum absolute atomic E-state index is 5.41. The summed E-state index contributed by atoms with van der Waals surface area (Å²) >= 11 is 0. The topological polar surface area (TPSA) is 50.9 Å². The Morgan fingerprint density at radius 2 is 2.31 bits per heavy atom. The first-order valence-corrected chi connectivity index (χ1v) is 4.19. The molecule has 0 aliphatic rings. The van der Waals surface area contributed by atoms with Crippen LogP contribution in [0, 0.1) is 6.92 Å². The Labute approximate surface area is 78.6 Å². The fourth-order valence-corrected chi connectivity index (χ4v) is 1.17. The summed E-state index contributed by atoms with van der Waals surface area (Å²) in [6, 6.07) is 3.96. The van der Waals surface area contributed by atoms with E-state index in [1.165, 1.54) is 0 Å². The number of nitrogens with zero attached hydrogens (tertiary/aromatic N) is 1. The van der Waals surface area contributed by atoms with E-state index in [-0.39, 0.29) is 6.04 Å². The molecule has 3 nitrogen and oxygen atoms in total. The van der Waals surface area contributed by atoms with Gasteiger partial charge >= 0.3 is 0 Å². The number of hydrogen-bond donors (Lipinski definition) is 2. The molecular weight excluding hydrogens is 162 g/mol. The number of aryl methyl sites for hydroxylation is 1. The van der Waals surface area contributed by atoms with Gasteiger partial charge in [-0.1, -0.05) is 18.2 Å². The third kappa shape index (κ3) is 2.37. The van der Waals surface area contributed by atoms with Gasteiger partial charge in [-0.05, 0) is 25.5 Å². The maximum Gasteiger partial charge on any atom is 0.0679 e. The molecule has 13 heavy (non-hydrogen) atoms. The Hall–Kier alpha value is -1.19. The van der Waals surface area contributed by atoms with Crippen molar-refractivity contribution >= 4 is 0 Å². The van der Waals surface area contributed by atoms with Gasteiger partial charge in [0.15, 0.2) is 0 Å². The molecule has 0 aliphatic carbocycles. The number of nitrogens with one attached hydrogen (secondary N) is 1. The van der Waals surface area contributed by atoms with Gasteiger partial charge in [-0.3, -0.25) is 10.8 Å². The lowest BCUT2D eigenvalue weighted by Crippen LogP contribution is -2.28. The normalized spacial score (nSPS) is 12.5. The Kier molecular flexibility index (Phi) is 3.17. The Bertz CT molecular complexity index is 290. The molecule has 70 valence electrons. The lowest BCUT2D eigenvalue weighted by Gasteiger charge is -2.15. The molecule has 0 saturated carbocycles. The van der Waals surface area contributed by atoms with Crippen molar-refractivity contribution in [1.29, 1.82) is 0 Å². The van der Waals surface area contributed by atoms with Crippen LogP contribution < -0.4 is 11.3 Å². The molecule has 0 fully saturated rings. The number of hydrogen-bond acceptors (Lipinski definition) is 3. The van der Waals surface area contributed by atoms with E-state index in [4.69, 9.17) is 5.84 Å². The predicted octanol–water partition coefficient (Wildman–Crippen LogP) is 1.47. The van der Waals surface area contributed by atoms with Crippen molar-refractivity contribution in [3.05, 3.63) is 41.7 Å². The van der Waals surface area contributed by atoms with E-state index in [1.807, 2.05) is 32.2 Å². The van der Waals surface area contributed by atoms with Crippen LogP contribution in [-0.4, -0.2) is 4.98 Å². The van der Waals surface area contributed by atoms with Crippen LogP contribution in [0.5, 0.6) is 0 Å². The second kappa shape index (κ2) is 4.16. The summed E-state index contributed by atoms with van der Waals surface area (Å²) in [5.41, 5.74) is 5.72. The standard InChI is InChI=1S/C10H15N3/c1-7(2)10(13-11)9-5-4-8(3)12-6-9/h4-6,10,13H,1,11H2,2-3H3.